The van der Waals surface area contributed by atoms with Gasteiger partial charge in [0.05, 0.1) is 10.0 Å². The second kappa shape index (κ2) is 5.35. The van der Waals surface area contributed by atoms with Crippen LogP contribution in [0.4, 0.5) is 0 Å². The first-order valence-corrected chi connectivity index (χ1v) is 6.50. The van der Waals surface area contributed by atoms with E-state index in [9.17, 15) is 0 Å². The van der Waals surface area contributed by atoms with E-state index >= 15 is 0 Å². The molecule has 0 saturated heterocycles. The van der Waals surface area contributed by atoms with Gasteiger partial charge in [0.2, 0.25) is 0 Å². The van der Waals surface area contributed by atoms with Crippen LogP contribution in [0.1, 0.15) is 28.7 Å². The molecule has 4 heteroatoms. The summed E-state index contributed by atoms with van der Waals surface area (Å²) in [5.74, 6) is 1.73. The van der Waals surface area contributed by atoms with Crippen molar-refractivity contribution in [3.8, 4) is 0 Å². The van der Waals surface area contributed by atoms with Gasteiger partial charge in [0.25, 0.3) is 0 Å². The maximum atomic E-state index is 6.20. The fourth-order valence-electron chi connectivity index (χ4n) is 2.07. The maximum absolute atomic E-state index is 6.20. The average molecular weight is 284 g/mol. The molecule has 0 radical (unpaired) electrons. The summed E-state index contributed by atoms with van der Waals surface area (Å²) in [4.78, 5) is 0. The Morgan fingerprint density at radius 3 is 2.61 bits per heavy atom. The molecule has 0 amide bonds. The Balaban J connectivity index is 2.24. The number of furan rings is 1. The Morgan fingerprint density at radius 1 is 1.28 bits per heavy atom. The van der Waals surface area contributed by atoms with Gasteiger partial charge in [-0.15, -0.1) is 0 Å². The summed E-state index contributed by atoms with van der Waals surface area (Å²) in [6.07, 6.45) is 0.638. The van der Waals surface area contributed by atoms with Crippen LogP contribution < -0.4 is 5.73 Å². The van der Waals surface area contributed by atoms with Gasteiger partial charge in [0.15, 0.2) is 0 Å². The summed E-state index contributed by atoms with van der Waals surface area (Å²) in [6.45, 7) is 3.83. The van der Waals surface area contributed by atoms with Gasteiger partial charge in [-0.05, 0) is 38.0 Å². The SMILES string of the molecule is Cc1cc(C(N)Cc2cccc(Cl)c2Cl)c(C)o1. The van der Waals surface area contributed by atoms with Gasteiger partial charge < -0.3 is 10.2 Å². The number of hydrogen-bond donors (Lipinski definition) is 1. The lowest BCUT2D eigenvalue weighted by atomic mass is 10.00. The highest BCUT2D eigenvalue weighted by molar-refractivity contribution is 6.42. The molecule has 1 heterocycles. The van der Waals surface area contributed by atoms with E-state index in [0.29, 0.717) is 16.5 Å². The molecule has 2 aromatic rings. The summed E-state index contributed by atoms with van der Waals surface area (Å²) < 4.78 is 5.49. The van der Waals surface area contributed by atoms with E-state index in [-0.39, 0.29) is 6.04 Å². The molecule has 1 atom stereocenters. The van der Waals surface area contributed by atoms with E-state index in [0.717, 1.165) is 22.6 Å². The van der Waals surface area contributed by atoms with Crippen LogP contribution in [0.5, 0.6) is 0 Å². The fourth-order valence-corrected chi connectivity index (χ4v) is 2.47. The molecule has 18 heavy (non-hydrogen) atoms. The maximum Gasteiger partial charge on any atom is 0.105 e. The summed E-state index contributed by atoms with van der Waals surface area (Å²) >= 11 is 12.1. The van der Waals surface area contributed by atoms with Gasteiger partial charge in [0, 0.05) is 11.6 Å². The fraction of sp³-hybridized carbons (Fsp3) is 0.286. The second-order valence-electron chi connectivity index (χ2n) is 4.39. The van der Waals surface area contributed by atoms with Crippen molar-refractivity contribution in [1.82, 2.24) is 0 Å². The van der Waals surface area contributed by atoms with Crippen LogP contribution in [0.2, 0.25) is 10.0 Å². The van der Waals surface area contributed by atoms with Gasteiger partial charge in [0.1, 0.15) is 11.5 Å². The number of rotatable bonds is 3. The van der Waals surface area contributed by atoms with Crippen molar-refractivity contribution >= 4 is 23.2 Å². The number of hydrogen-bond acceptors (Lipinski definition) is 2. The van der Waals surface area contributed by atoms with Crippen molar-refractivity contribution in [2.75, 3.05) is 0 Å². The molecule has 96 valence electrons. The topological polar surface area (TPSA) is 39.2 Å². The third-order valence-electron chi connectivity index (χ3n) is 2.95. The third kappa shape index (κ3) is 2.72. The molecule has 0 bridgehead atoms. The number of benzene rings is 1. The predicted octanol–water partition coefficient (Wildman–Crippen LogP) is 4.45. The Morgan fingerprint density at radius 2 is 2.00 bits per heavy atom. The van der Waals surface area contributed by atoms with Crippen LogP contribution >= 0.6 is 23.2 Å². The van der Waals surface area contributed by atoms with Crippen molar-refractivity contribution in [3.63, 3.8) is 0 Å². The average Bonchev–Trinajstić information content (AvgIpc) is 2.64. The zero-order chi connectivity index (χ0) is 13.3. The highest BCUT2D eigenvalue weighted by atomic mass is 35.5. The van der Waals surface area contributed by atoms with E-state index in [1.807, 2.05) is 32.0 Å². The molecule has 0 aliphatic carbocycles. The molecular formula is C14H15Cl2NO. The smallest absolute Gasteiger partial charge is 0.105 e. The summed E-state index contributed by atoms with van der Waals surface area (Å²) in [6, 6.07) is 7.42. The first-order valence-electron chi connectivity index (χ1n) is 5.74. The van der Waals surface area contributed by atoms with Gasteiger partial charge in [-0.1, -0.05) is 35.3 Å². The Labute approximate surface area is 117 Å². The van der Waals surface area contributed by atoms with E-state index in [1.54, 1.807) is 6.07 Å². The van der Waals surface area contributed by atoms with Gasteiger partial charge in [-0.3, -0.25) is 0 Å². The summed E-state index contributed by atoms with van der Waals surface area (Å²) in [7, 11) is 0. The lowest BCUT2D eigenvalue weighted by Gasteiger charge is -2.12. The molecule has 1 aromatic heterocycles. The minimum atomic E-state index is -0.140. The molecule has 1 unspecified atom stereocenters. The lowest BCUT2D eigenvalue weighted by molar-refractivity contribution is 0.497. The van der Waals surface area contributed by atoms with Crippen molar-refractivity contribution in [2.24, 2.45) is 5.73 Å². The molecule has 0 aliphatic rings. The quantitative estimate of drug-likeness (QED) is 0.904. The van der Waals surface area contributed by atoms with Gasteiger partial charge in [-0.25, -0.2) is 0 Å². The van der Waals surface area contributed by atoms with Crippen LogP contribution in [0.15, 0.2) is 28.7 Å². The monoisotopic (exact) mass is 283 g/mol. The molecule has 2 nitrogen and oxygen atoms in total. The van der Waals surface area contributed by atoms with Crippen LogP contribution in [0, 0.1) is 13.8 Å². The molecule has 0 spiro atoms. The van der Waals surface area contributed by atoms with E-state index < -0.39 is 0 Å². The van der Waals surface area contributed by atoms with Crippen LogP contribution in [-0.4, -0.2) is 0 Å². The van der Waals surface area contributed by atoms with Crippen LogP contribution in [0.3, 0.4) is 0 Å². The molecule has 2 rings (SSSR count). The van der Waals surface area contributed by atoms with Crippen molar-refractivity contribution in [1.29, 1.82) is 0 Å². The summed E-state index contributed by atoms with van der Waals surface area (Å²) in [5.41, 5.74) is 8.17. The van der Waals surface area contributed by atoms with Gasteiger partial charge in [-0.2, -0.15) is 0 Å². The van der Waals surface area contributed by atoms with Crippen LogP contribution in [0.25, 0.3) is 0 Å². The third-order valence-corrected chi connectivity index (χ3v) is 3.81. The zero-order valence-corrected chi connectivity index (χ0v) is 11.8. The minimum Gasteiger partial charge on any atom is -0.466 e. The van der Waals surface area contributed by atoms with Crippen molar-refractivity contribution in [3.05, 3.63) is 57.0 Å². The Hall–Kier alpha value is -0.960. The molecule has 1 aromatic carbocycles. The highest BCUT2D eigenvalue weighted by Crippen LogP contribution is 2.30. The largest absolute Gasteiger partial charge is 0.466 e. The molecule has 0 fully saturated rings. The highest BCUT2D eigenvalue weighted by Gasteiger charge is 2.15. The first kappa shape index (κ1) is 13.5. The minimum absolute atomic E-state index is 0.140. The Kier molecular flexibility index (Phi) is 4.00. The number of aryl methyl sites for hydroxylation is 2. The normalized spacial score (nSPS) is 12.7. The second-order valence-corrected chi connectivity index (χ2v) is 5.18. The van der Waals surface area contributed by atoms with Crippen LogP contribution in [-0.2, 0) is 6.42 Å². The molecule has 0 saturated carbocycles. The first-order chi connectivity index (χ1) is 8.49. The number of nitrogens with two attached hydrogens (primary N) is 1. The zero-order valence-electron chi connectivity index (χ0n) is 10.3. The summed E-state index contributed by atoms with van der Waals surface area (Å²) in [5, 5.41) is 1.13. The van der Waals surface area contributed by atoms with E-state index in [1.165, 1.54) is 0 Å². The Bertz CT molecular complexity index is 563. The van der Waals surface area contributed by atoms with Crippen molar-refractivity contribution in [2.45, 2.75) is 26.3 Å². The van der Waals surface area contributed by atoms with E-state index in [4.69, 9.17) is 33.4 Å². The molecule has 2 N–H and O–H groups in total. The standard InChI is InChI=1S/C14H15Cl2NO/c1-8-6-11(9(2)18-8)13(17)7-10-4-3-5-12(15)14(10)16/h3-6,13H,7,17H2,1-2H3. The van der Waals surface area contributed by atoms with E-state index in [2.05, 4.69) is 0 Å². The predicted molar refractivity (Wildman–Crippen MR) is 75.3 cm³/mol. The molecule has 0 aliphatic heterocycles. The molecular weight excluding hydrogens is 269 g/mol. The lowest BCUT2D eigenvalue weighted by Crippen LogP contribution is -2.13. The van der Waals surface area contributed by atoms with Gasteiger partial charge >= 0.3 is 0 Å². The van der Waals surface area contributed by atoms with Crippen molar-refractivity contribution < 1.29 is 4.42 Å². The number of halogens is 2.